The second kappa shape index (κ2) is 3.73. The van der Waals surface area contributed by atoms with Gasteiger partial charge >= 0.3 is 12.1 Å². The third kappa shape index (κ3) is 1.88. The van der Waals surface area contributed by atoms with Crippen LogP contribution in [0.25, 0.3) is 10.2 Å². The molecule has 0 saturated carbocycles. The van der Waals surface area contributed by atoms with Crippen LogP contribution in [-0.2, 0) is 12.7 Å². The van der Waals surface area contributed by atoms with Crippen molar-refractivity contribution in [3.8, 4) is 0 Å². The lowest BCUT2D eigenvalue weighted by Crippen LogP contribution is -2.08. The van der Waals surface area contributed by atoms with Crippen LogP contribution in [0.2, 0.25) is 0 Å². The Balaban J connectivity index is 2.73. The second-order valence-electron chi connectivity index (χ2n) is 3.30. The molecule has 8 heteroatoms. The maximum Gasteiger partial charge on any atom is 0.435 e. The van der Waals surface area contributed by atoms with Crippen LogP contribution in [-0.4, -0.2) is 20.9 Å². The Hall–Kier alpha value is -1.57. The number of halogens is 3. The van der Waals surface area contributed by atoms with Crippen molar-refractivity contribution >= 4 is 27.5 Å². The van der Waals surface area contributed by atoms with Gasteiger partial charge in [-0.2, -0.15) is 18.3 Å². The zero-order chi connectivity index (χ0) is 12.8. The first-order valence-electron chi connectivity index (χ1n) is 4.65. The Kier molecular flexibility index (Phi) is 2.61. The Morgan fingerprint density at radius 3 is 2.71 bits per heavy atom. The van der Waals surface area contributed by atoms with Crippen LogP contribution in [0.15, 0.2) is 6.07 Å². The fourth-order valence-corrected chi connectivity index (χ4v) is 2.51. The Morgan fingerprint density at radius 1 is 1.59 bits per heavy atom. The van der Waals surface area contributed by atoms with Gasteiger partial charge in [-0.3, -0.25) is 4.68 Å². The topological polar surface area (TPSA) is 55.1 Å². The van der Waals surface area contributed by atoms with Gasteiger partial charge in [-0.25, -0.2) is 4.79 Å². The highest BCUT2D eigenvalue weighted by Gasteiger charge is 2.37. The van der Waals surface area contributed by atoms with E-state index in [1.54, 1.807) is 6.92 Å². The molecule has 4 nitrogen and oxygen atoms in total. The predicted molar refractivity (Wildman–Crippen MR) is 55.2 cm³/mol. The molecule has 0 saturated heterocycles. The zero-order valence-corrected chi connectivity index (χ0v) is 9.39. The van der Waals surface area contributed by atoms with Crippen LogP contribution < -0.4 is 0 Å². The number of alkyl halides is 3. The highest BCUT2D eigenvalue weighted by Crippen LogP contribution is 2.37. The van der Waals surface area contributed by atoms with Crippen molar-refractivity contribution in [3.63, 3.8) is 0 Å². The number of aryl methyl sites for hydroxylation is 1. The highest BCUT2D eigenvalue weighted by atomic mass is 32.1. The molecule has 0 radical (unpaired) electrons. The number of carbonyl (C=O) groups is 1. The number of aromatic nitrogens is 2. The number of hydrogen-bond donors (Lipinski definition) is 1. The fraction of sp³-hybridized carbons (Fsp3) is 0.333. The number of thiophene rings is 1. The number of hydrogen-bond acceptors (Lipinski definition) is 3. The predicted octanol–water partition coefficient (Wildman–Crippen LogP) is 2.83. The molecule has 0 aliphatic carbocycles. The number of nitrogens with zero attached hydrogens (tertiary/aromatic N) is 2. The first-order chi connectivity index (χ1) is 7.84. The third-order valence-electron chi connectivity index (χ3n) is 2.20. The number of carboxylic acids is 1. The monoisotopic (exact) mass is 264 g/mol. The average Bonchev–Trinajstić information content (AvgIpc) is 2.72. The van der Waals surface area contributed by atoms with Gasteiger partial charge in [-0.15, -0.1) is 11.3 Å². The summed E-state index contributed by atoms with van der Waals surface area (Å²) in [6.07, 6.45) is -4.57. The molecule has 2 rings (SSSR count). The van der Waals surface area contributed by atoms with Crippen LogP contribution >= 0.6 is 11.3 Å². The van der Waals surface area contributed by atoms with Gasteiger partial charge in [0.25, 0.3) is 0 Å². The summed E-state index contributed by atoms with van der Waals surface area (Å²) >= 11 is 0.794. The molecule has 0 aliphatic heterocycles. The van der Waals surface area contributed by atoms with Crippen LogP contribution in [0, 0.1) is 0 Å². The molecule has 92 valence electrons. The molecule has 17 heavy (non-hydrogen) atoms. The molecular formula is C9H7F3N2O2S. The smallest absolute Gasteiger partial charge is 0.435 e. The van der Waals surface area contributed by atoms with E-state index < -0.39 is 17.8 Å². The molecule has 1 N–H and O–H groups in total. The summed E-state index contributed by atoms with van der Waals surface area (Å²) < 4.78 is 39.1. The number of carboxylic acid groups (broad SMARTS) is 1. The van der Waals surface area contributed by atoms with Crippen LogP contribution in [0.3, 0.4) is 0 Å². The van der Waals surface area contributed by atoms with Gasteiger partial charge in [0.2, 0.25) is 0 Å². The normalized spacial score (nSPS) is 12.2. The first kappa shape index (κ1) is 11.9. The van der Waals surface area contributed by atoms with E-state index in [9.17, 15) is 18.0 Å². The van der Waals surface area contributed by atoms with Gasteiger partial charge in [-0.05, 0) is 13.0 Å². The molecule has 0 unspecified atom stereocenters. The molecule has 2 aromatic heterocycles. The van der Waals surface area contributed by atoms with Crippen molar-refractivity contribution < 1.29 is 23.1 Å². The fourth-order valence-electron chi connectivity index (χ4n) is 1.49. The molecule has 0 aromatic carbocycles. The number of rotatable bonds is 2. The molecule has 2 aromatic rings. The molecule has 0 amide bonds. The summed E-state index contributed by atoms with van der Waals surface area (Å²) in [5.41, 5.74) is -1.03. The van der Waals surface area contributed by atoms with E-state index >= 15 is 0 Å². The molecule has 2 heterocycles. The van der Waals surface area contributed by atoms with E-state index in [0.717, 1.165) is 22.1 Å². The minimum atomic E-state index is -4.57. The van der Waals surface area contributed by atoms with Crippen molar-refractivity contribution in [2.75, 3.05) is 0 Å². The molecule has 0 bridgehead atoms. The lowest BCUT2D eigenvalue weighted by Gasteiger charge is -2.01. The first-order valence-corrected chi connectivity index (χ1v) is 5.47. The van der Waals surface area contributed by atoms with Crippen molar-refractivity contribution in [1.82, 2.24) is 9.78 Å². The van der Waals surface area contributed by atoms with Crippen LogP contribution in [0.4, 0.5) is 13.2 Å². The summed E-state index contributed by atoms with van der Waals surface area (Å²) in [5.74, 6) is -1.23. The largest absolute Gasteiger partial charge is 0.477 e. The van der Waals surface area contributed by atoms with Gasteiger partial charge in [0.05, 0.1) is 0 Å². The van der Waals surface area contributed by atoms with Gasteiger partial charge in [0.15, 0.2) is 5.69 Å². The lowest BCUT2D eigenvalue weighted by atomic mass is 10.3. The Labute approximate surface area is 97.3 Å². The van der Waals surface area contributed by atoms with E-state index in [-0.39, 0.29) is 21.6 Å². The van der Waals surface area contributed by atoms with E-state index in [1.165, 1.54) is 0 Å². The maximum atomic E-state index is 12.7. The minimum absolute atomic E-state index is 0.120. The van der Waals surface area contributed by atoms with Crippen molar-refractivity contribution in [1.29, 1.82) is 0 Å². The van der Waals surface area contributed by atoms with Crippen LogP contribution in [0.1, 0.15) is 22.3 Å². The molecule has 0 spiro atoms. The van der Waals surface area contributed by atoms with Gasteiger partial charge in [0.1, 0.15) is 9.71 Å². The number of fused-ring (bicyclic) bond motifs is 1. The second-order valence-corrected chi connectivity index (χ2v) is 4.33. The average molecular weight is 264 g/mol. The molecular weight excluding hydrogens is 257 g/mol. The molecule has 0 fully saturated rings. The lowest BCUT2D eigenvalue weighted by molar-refractivity contribution is -0.140. The highest BCUT2D eigenvalue weighted by molar-refractivity contribution is 7.20. The SMILES string of the molecule is CCn1nc(C(F)(F)F)c2cc(C(=O)O)sc21. The van der Waals surface area contributed by atoms with Crippen molar-refractivity contribution in [3.05, 3.63) is 16.6 Å². The summed E-state index contributed by atoms with van der Waals surface area (Å²) in [5, 5.41) is 12.1. The minimum Gasteiger partial charge on any atom is -0.477 e. The molecule has 0 atom stereocenters. The van der Waals surface area contributed by atoms with E-state index in [1.807, 2.05) is 0 Å². The molecule has 0 aliphatic rings. The summed E-state index contributed by atoms with van der Waals surface area (Å²) in [6.45, 7) is 1.90. The van der Waals surface area contributed by atoms with Crippen LogP contribution in [0.5, 0.6) is 0 Å². The van der Waals surface area contributed by atoms with Crippen molar-refractivity contribution in [2.24, 2.45) is 0 Å². The number of aromatic carboxylic acids is 1. The third-order valence-corrected chi connectivity index (χ3v) is 3.34. The zero-order valence-electron chi connectivity index (χ0n) is 8.58. The van der Waals surface area contributed by atoms with E-state index in [4.69, 9.17) is 5.11 Å². The summed E-state index contributed by atoms with van der Waals surface area (Å²) in [7, 11) is 0. The maximum absolute atomic E-state index is 12.7. The van der Waals surface area contributed by atoms with Gasteiger partial charge in [-0.1, -0.05) is 0 Å². The summed E-state index contributed by atoms with van der Waals surface area (Å²) in [6, 6.07) is 1.02. The summed E-state index contributed by atoms with van der Waals surface area (Å²) in [4.78, 5) is 10.8. The van der Waals surface area contributed by atoms with E-state index in [2.05, 4.69) is 5.10 Å². The van der Waals surface area contributed by atoms with Gasteiger partial charge < -0.3 is 5.11 Å². The Bertz CT molecular complexity index is 585. The van der Waals surface area contributed by atoms with Gasteiger partial charge in [0, 0.05) is 11.9 Å². The van der Waals surface area contributed by atoms with Crippen molar-refractivity contribution in [2.45, 2.75) is 19.6 Å². The van der Waals surface area contributed by atoms with E-state index in [0.29, 0.717) is 0 Å². The standard InChI is InChI=1S/C9H7F3N2O2S/c1-2-14-7-4(3-5(17-7)8(15)16)6(13-14)9(10,11)12/h3H,2H2,1H3,(H,15,16). The quantitative estimate of drug-likeness (QED) is 0.907. The Morgan fingerprint density at radius 2 is 2.24 bits per heavy atom.